The molecule has 37 heavy (non-hydrogen) atoms. The minimum Gasteiger partial charge on any atom is -0.487 e. The highest BCUT2D eigenvalue weighted by Gasteiger charge is 2.44. The lowest BCUT2D eigenvalue weighted by Gasteiger charge is -2.43. The van der Waals surface area contributed by atoms with Crippen LogP contribution >= 0.6 is 43.5 Å². The number of Topliss-reactive ketones (excluding diaryl/α,β-unsaturated/α-hetero) is 2. The van der Waals surface area contributed by atoms with Gasteiger partial charge in [-0.15, -0.1) is 0 Å². The van der Waals surface area contributed by atoms with E-state index in [0.717, 1.165) is 22.5 Å². The molecule has 6 nitrogen and oxygen atoms in total. The Morgan fingerprint density at radius 2 is 1.49 bits per heavy atom. The van der Waals surface area contributed by atoms with Crippen molar-refractivity contribution in [1.29, 1.82) is 0 Å². The second kappa shape index (κ2) is 10.8. The molecule has 2 aliphatic carbocycles. The Morgan fingerprint density at radius 1 is 0.946 bits per heavy atom. The Labute approximate surface area is 236 Å². The molecule has 0 aromatic heterocycles. The monoisotopic (exact) mass is 647 g/mol. The second-order valence-corrected chi connectivity index (χ2v) is 11.6. The first-order chi connectivity index (χ1) is 17.7. The van der Waals surface area contributed by atoms with Gasteiger partial charge in [0, 0.05) is 46.3 Å². The van der Waals surface area contributed by atoms with Crippen LogP contribution in [0.3, 0.4) is 0 Å². The van der Waals surface area contributed by atoms with E-state index in [9.17, 15) is 19.5 Å². The number of rotatable bonds is 6. The van der Waals surface area contributed by atoms with Crippen LogP contribution in [0.25, 0.3) is 0 Å². The first-order valence-corrected chi connectivity index (χ1v) is 14.1. The maximum absolute atomic E-state index is 13.3. The normalized spacial score (nSPS) is 18.2. The number of carbonyl (C=O) groups excluding carboxylic acids is 2. The number of hydrogen-bond donors (Lipinski definition) is 1. The van der Waals surface area contributed by atoms with Gasteiger partial charge in [0.2, 0.25) is 0 Å². The Balaban J connectivity index is 1.57. The molecule has 2 aromatic carbocycles. The first-order valence-electron chi connectivity index (χ1n) is 12.1. The van der Waals surface area contributed by atoms with Crippen LogP contribution in [0, 0.1) is 0 Å². The largest absolute Gasteiger partial charge is 0.487 e. The van der Waals surface area contributed by atoms with E-state index in [-0.39, 0.29) is 18.1 Å². The quantitative estimate of drug-likeness (QED) is 0.365. The van der Waals surface area contributed by atoms with Crippen molar-refractivity contribution in [3.05, 3.63) is 84.0 Å². The molecule has 2 aromatic rings. The highest BCUT2D eigenvalue weighted by Crippen LogP contribution is 2.50. The van der Waals surface area contributed by atoms with Gasteiger partial charge >= 0.3 is 5.97 Å². The van der Waals surface area contributed by atoms with Crippen molar-refractivity contribution in [2.24, 2.45) is 0 Å². The lowest BCUT2D eigenvalue weighted by atomic mass is 9.71. The van der Waals surface area contributed by atoms with E-state index in [1.54, 1.807) is 4.90 Å². The molecule has 9 heteroatoms. The molecule has 0 radical (unpaired) electrons. The zero-order valence-corrected chi connectivity index (χ0v) is 23.8. The average molecular weight is 650 g/mol. The molecule has 0 saturated heterocycles. The molecule has 192 valence electrons. The highest BCUT2D eigenvalue weighted by molar-refractivity contribution is 9.11. The van der Waals surface area contributed by atoms with Crippen LogP contribution in [-0.2, 0) is 21.0 Å². The van der Waals surface area contributed by atoms with Gasteiger partial charge in [0.15, 0.2) is 11.6 Å². The third-order valence-electron chi connectivity index (χ3n) is 7.03. The van der Waals surface area contributed by atoms with Crippen LogP contribution in [0.15, 0.2) is 67.9 Å². The van der Waals surface area contributed by atoms with E-state index in [1.165, 1.54) is 0 Å². The molecule has 0 amide bonds. The summed E-state index contributed by atoms with van der Waals surface area (Å²) in [6.45, 7) is 0.0820. The van der Waals surface area contributed by atoms with E-state index in [4.69, 9.17) is 16.3 Å². The van der Waals surface area contributed by atoms with Crippen molar-refractivity contribution >= 4 is 61.0 Å². The zero-order chi connectivity index (χ0) is 26.3. The maximum atomic E-state index is 13.3. The van der Waals surface area contributed by atoms with Crippen LogP contribution in [0.2, 0.25) is 5.02 Å². The van der Waals surface area contributed by atoms with E-state index in [0.29, 0.717) is 76.0 Å². The van der Waals surface area contributed by atoms with E-state index >= 15 is 0 Å². The van der Waals surface area contributed by atoms with Crippen molar-refractivity contribution in [3.63, 3.8) is 0 Å². The minimum atomic E-state index is -0.985. The molecule has 1 N–H and O–H groups in total. The summed E-state index contributed by atoms with van der Waals surface area (Å²) in [5.41, 5.74) is 4.34. The maximum Gasteiger partial charge on any atom is 0.323 e. The van der Waals surface area contributed by atoms with E-state index in [2.05, 4.69) is 31.9 Å². The van der Waals surface area contributed by atoms with Crippen LogP contribution in [0.1, 0.15) is 55.6 Å². The standard InChI is InChI=1S/C28H24Br2ClNO5/c29-18-11-16(12-19(30)28(18)37-14-15-7-9-17(31)10-8-15)25-26-20(3-1-5-22(26)33)32(13-24(35)36)21-4-2-6-23(34)27(21)25/h7-12,25H,1-6,13-14H2,(H,35,36). The molecule has 0 bridgehead atoms. The fraction of sp³-hybridized carbons (Fsp3) is 0.321. The lowest BCUT2D eigenvalue weighted by molar-refractivity contribution is -0.138. The molecule has 0 atom stereocenters. The van der Waals surface area contributed by atoms with Gasteiger partial charge in [-0.25, -0.2) is 0 Å². The summed E-state index contributed by atoms with van der Waals surface area (Å²) in [5.74, 6) is -0.964. The Hall–Kier alpha value is -2.42. The average Bonchev–Trinajstić information content (AvgIpc) is 2.85. The predicted octanol–water partition coefficient (Wildman–Crippen LogP) is 6.94. The SMILES string of the molecule is O=C(O)CN1C2=C(C(=O)CCC2)C(c2cc(Br)c(OCc3ccc(Cl)cc3)c(Br)c2)C2=C1CCCC2=O. The Bertz CT molecular complexity index is 1300. The molecule has 0 saturated carbocycles. The zero-order valence-electron chi connectivity index (χ0n) is 19.9. The summed E-state index contributed by atoms with van der Waals surface area (Å²) in [6, 6.07) is 11.2. The molecule has 0 spiro atoms. The fourth-order valence-electron chi connectivity index (χ4n) is 5.50. The number of nitrogens with zero attached hydrogens (tertiary/aromatic N) is 1. The number of halogens is 3. The molecule has 0 unspecified atom stereocenters. The molecular formula is C28H24Br2ClNO5. The van der Waals surface area contributed by atoms with Crippen molar-refractivity contribution in [2.75, 3.05) is 6.54 Å². The summed E-state index contributed by atoms with van der Waals surface area (Å²) < 4.78 is 7.46. The number of carbonyl (C=O) groups is 3. The highest BCUT2D eigenvalue weighted by atomic mass is 79.9. The summed E-state index contributed by atoms with van der Waals surface area (Å²) in [5, 5.41) is 10.3. The number of ketones is 2. The fourth-order valence-corrected chi connectivity index (χ4v) is 7.07. The number of allylic oxidation sites excluding steroid dienone is 4. The minimum absolute atomic E-state index is 0.0260. The van der Waals surface area contributed by atoms with Gasteiger partial charge in [-0.05, 0) is 92.9 Å². The summed E-state index contributed by atoms with van der Waals surface area (Å²) in [4.78, 5) is 40.1. The molecule has 3 aliphatic rings. The Kier molecular flexibility index (Phi) is 7.61. The Morgan fingerprint density at radius 3 is 2.00 bits per heavy atom. The van der Waals surface area contributed by atoms with Crippen molar-refractivity contribution in [2.45, 2.75) is 51.0 Å². The third-order valence-corrected chi connectivity index (χ3v) is 8.46. The van der Waals surface area contributed by atoms with Gasteiger partial charge in [0.05, 0.1) is 8.95 Å². The van der Waals surface area contributed by atoms with Gasteiger partial charge in [-0.1, -0.05) is 23.7 Å². The van der Waals surface area contributed by atoms with Gasteiger partial charge in [-0.2, -0.15) is 0 Å². The van der Waals surface area contributed by atoms with Crippen LogP contribution in [-0.4, -0.2) is 34.1 Å². The number of carboxylic acids is 1. The van der Waals surface area contributed by atoms with Gasteiger partial charge in [0.25, 0.3) is 0 Å². The number of ether oxygens (including phenoxy) is 1. The molecule has 1 heterocycles. The topological polar surface area (TPSA) is 83.9 Å². The lowest BCUT2D eigenvalue weighted by Crippen LogP contribution is -2.41. The van der Waals surface area contributed by atoms with Gasteiger partial charge in [-0.3, -0.25) is 14.4 Å². The smallest absolute Gasteiger partial charge is 0.323 e. The van der Waals surface area contributed by atoms with E-state index in [1.807, 2.05) is 36.4 Å². The first kappa shape index (κ1) is 26.2. The second-order valence-electron chi connectivity index (χ2n) is 9.42. The molecule has 5 rings (SSSR count). The number of hydrogen-bond acceptors (Lipinski definition) is 5. The van der Waals surface area contributed by atoms with Crippen molar-refractivity contribution in [1.82, 2.24) is 4.90 Å². The third kappa shape index (κ3) is 5.16. The molecular weight excluding hydrogens is 626 g/mol. The number of benzene rings is 2. The van der Waals surface area contributed by atoms with E-state index < -0.39 is 11.9 Å². The van der Waals surface area contributed by atoms with Crippen LogP contribution in [0.4, 0.5) is 0 Å². The number of carboxylic acid groups (broad SMARTS) is 1. The van der Waals surface area contributed by atoms with Crippen LogP contribution < -0.4 is 4.74 Å². The van der Waals surface area contributed by atoms with Gasteiger partial charge in [0.1, 0.15) is 18.9 Å². The molecule has 0 fully saturated rings. The number of aliphatic carboxylic acids is 1. The van der Waals surface area contributed by atoms with Gasteiger partial charge < -0.3 is 14.7 Å². The summed E-state index contributed by atoms with van der Waals surface area (Å²) in [6.07, 6.45) is 3.33. The summed E-state index contributed by atoms with van der Waals surface area (Å²) in [7, 11) is 0. The summed E-state index contributed by atoms with van der Waals surface area (Å²) >= 11 is 13.2. The van der Waals surface area contributed by atoms with Crippen molar-refractivity contribution < 1.29 is 24.2 Å². The van der Waals surface area contributed by atoms with Crippen molar-refractivity contribution in [3.8, 4) is 5.75 Å². The molecule has 1 aliphatic heterocycles. The predicted molar refractivity (Wildman–Crippen MR) is 146 cm³/mol. The van der Waals surface area contributed by atoms with Crippen LogP contribution in [0.5, 0.6) is 5.75 Å².